The number of aryl methyl sites for hydroxylation is 1. The fourth-order valence-electron chi connectivity index (χ4n) is 2.22. The van der Waals surface area contributed by atoms with Gasteiger partial charge < -0.3 is 14.4 Å². The average molecular weight is 296 g/mol. The average Bonchev–Trinajstić information content (AvgIpc) is 2.78. The summed E-state index contributed by atoms with van der Waals surface area (Å²) in [4.78, 5) is 13.3. The van der Waals surface area contributed by atoms with Crippen molar-refractivity contribution in [2.45, 2.75) is 58.1 Å². The summed E-state index contributed by atoms with van der Waals surface area (Å²) in [6, 6.07) is 3.97. The molecule has 1 atom stereocenters. The van der Waals surface area contributed by atoms with Crippen molar-refractivity contribution in [2.24, 2.45) is 0 Å². The van der Waals surface area contributed by atoms with Gasteiger partial charge in [-0.15, -0.1) is 11.3 Å². The Kier molecular flexibility index (Phi) is 4.02. The van der Waals surface area contributed by atoms with Gasteiger partial charge in [-0.1, -0.05) is 0 Å². The van der Waals surface area contributed by atoms with E-state index in [0.29, 0.717) is 0 Å². The van der Waals surface area contributed by atoms with Gasteiger partial charge in [0.25, 0.3) is 0 Å². The van der Waals surface area contributed by atoms with Crippen LogP contribution in [0, 0.1) is 6.92 Å². The second-order valence-corrected chi connectivity index (χ2v) is 7.60. The molecule has 110 valence electrons. The highest BCUT2D eigenvalue weighted by Gasteiger charge is 2.54. The molecule has 1 saturated heterocycles. The minimum atomic E-state index is -0.837. The third kappa shape index (κ3) is 2.92. The number of aliphatic carboxylic acids is 1. The van der Waals surface area contributed by atoms with Crippen molar-refractivity contribution in [2.75, 3.05) is 0 Å². The summed E-state index contributed by atoms with van der Waals surface area (Å²) in [6.45, 7) is 9.92. The van der Waals surface area contributed by atoms with E-state index in [-0.39, 0.29) is 12.2 Å². The van der Waals surface area contributed by atoms with Crippen LogP contribution in [0.3, 0.4) is 0 Å². The number of carboxylic acid groups (broad SMARTS) is 1. The molecule has 2 rings (SSSR count). The van der Waals surface area contributed by atoms with Crippen molar-refractivity contribution in [1.29, 1.82) is 0 Å². The molecule has 0 saturated carbocycles. The third-order valence-electron chi connectivity index (χ3n) is 4.12. The Morgan fingerprint density at radius 1 is 1.30 bits per heavy atom. The van der Waals surface area contributed by atoms with E-state index in [2.05, 4.69) is 0 Å². The van der Waals surface area contributed by atoms with E-state index in [4.69, 9.17) is 14.4 Å². The van der Waals surface area contributed by atoms with Gasteiger partial charge in [0.05, 0.1) is 17.6 Å². The molecular formula is C14H21BO4S. The summed E-state index contributed by atoms with van der Waals surface area (Å²) < 4.78 is 12.0. The first kappa shape index (κ1) is 15.5. The summed E-state index contributed by atoms with van der Waals surface area (Å²) in [7, 11) is -0.519. The highest BCUT2D eigenvalue weighted by Crippen LogP contribution is 2.42. The fourth-order valence-corrected chi connectivity index (χ4v) is 3.21. The van der Waals surface area contributed by atoms with Crippen molar-refractivity contribution >= 4 is 24.4 Å². The van der Waals surface area contributed by atoms with E-state index < -0.39 is 24.3 Å². The maximum atomic E-state index is 11.2. The van der Waals surface area contributed by atoms with Gasteiger partial charge in [0.2, 0.25) is 0 Å². The van der Waals surface area contributed by atoms with Crippen LogP contribution >= 0.6 is 11.3 Å². The van der Waals surface area contributed by atoms with Gasteiger partial charge in [-0.3, -0.25) is 4.79 Å². The van der Waals surface area contributed by atoms with Crippen LogP contribution in [0.25, 0.3) is 0 Å². The highest BCUT2D eigenvalue weighted by atomic mass is 32.1. The van der Waals surface area contributed by atoms with E-state index in [1.54, 1.807) is 11.3 Å². The van der Waals surface area contributed by atoms with E-state index in [1.807, 2.05) is 46.8 Å². The standard InChI is InChI=1S/C14H21BO4S/c1-9-6-7-11(20-9)10(8-12(16)17)15-18-13(2,3)14(4,5)19-15/h6-7,10H,8H2,1-5H3,(H,16,17). The molecule has 0 radical (unpaired) electrons. The van der Waals surface area contributed by atoms with Gasteiger partial charge in [0.15, 0.2) is 0 Å². The molecule has 0 aliphatic carbocycles. The van der Waals surface area contributed by atoms with Gasteiger partial charge in [-0.25, -0.2) is 0 Å². The molecule has 1 aliphatic rings. The molecule has 4 nitrogen and oxygen atoms in total. The lowest BCUT2D eigenvalue weighted by molar-refractivity contribution is -0.137. The highest BCUT2D eigenvalue weighted by molar-refractivity contribution is 7.12. The Hall–Kier alpha value is -0.845. The molecule has 2 heterocycles. The van der Waals surface area contributed by atoms with Gasteiger partial charge in [0, 0.05) is 15.6 Å². The van der Waals surface area contributed by atoms with Crippen molar-refractivity contribution in [3.05, 3.63) is 21.9 Å². The van der Waals surface area contributed by atoms with E-state index in [0.717, 1.165) is 9.75 Å². The molecule has 1 aromatic heterocycles. The van der Waals surface area contributed by atoms with Crippen LogP contribution in [0.15, 0.2) is 12.1 Å². The molecule has 1 unspecified atom stereocenters. The fraction of sp³-hybridized carbons (Fsp3) is 0.643. The number of carboxylic acids is 1. The summed E-state index contributed by atoms with van der Waals surface area (Å²) >= 11 is 1.60. The minimum Gasteiger partial charge on any atom is -0.481 e. The quantitative estimate of drug-likeness (QED) is 0.867. The van der Waals surface area contributed by atoms with Crippen molar-refractivity contribution in [1.82, 2.24) is 0 Å². The molecule has 0 amide bonds. The maximum Gasteiger partial charge on any atom is 0.467 e. The van der Waals surface area contributed by atoms with Crippen LogP contribution in [0.4, 0.5) is 0 Å². The van der Waals surface area contributed by atoms with Crippen molar-refractivity contribution in [3.63, 3.8) is 0 Å². The molecule has 0 aromatic carbocycles. The monoisotopic (exact) mass is 296 g/mol. The van der Waals surface area contributed by atoms with E-state index >= 15 is 0 Å². The lowest BCUT2D eigenvalue weighted by Crippen LogP contribution is -2.41. The molecule has 1 N–H and O–H groups in total. The predicted molar refractivity (Wildman–Crippen MR) is 80.1 cm³/mol. The van der Waals surface area contributed by atoms with Crippen LogP contribution in [-0.2, 0) is 14.1 Å². The lowest BCUT2D eigenvalue weighted by atomic mass is 9.69. The zero-order chi connectivity index (χ0) is 15.1. The Bertz CT molecular complexity index is 493. The first-order valence-electron chi connectivity index (χ1n) is 6.76. The number of carbonyl (C=O) groups is 1. The zero-order valence-electron chi connectivity index (χ0n) is 12.6. The van der Waals surface area contributed by atoms with Gasteiger partial charge in [-0.2, -0.15) is 0 Å². The Balaban J connectivity index is 2.27. The lowest BCUT2D eigenvalue weighted by Gasteiger charge is -2.32. The van der Waals surface area contributed by atoms with Crippen molar-refractivity contribution < 1.29 is 19.2 Å². The second-order valence-electron chi connectivity index (χ2n) is 6.28. The molecule has 1 aliphatic heterocycles. The van der Waals surface area contributed by atoms with Crippen LogP contribution in [0.5, 0.6) is 0 Å². The van der Waals surface area contributed by atoms with Gasteiger partial charge in [-0.05, 0) is 46.8 Å². The SMILES string of the molecule is Cc1ccc(C(CC(=O)O)B2OC(C)(C)C(C)(C)O2)s1. The second kappa shape index (κ2) is 5.17. The first-order valence-corrected chi connectivity index (χ1v) is 7.58. The number of thiophene rings is 1. The largest absolute Gasteiger partial charge is 0.481 e. The Labute approximate surface area is 124 Å². The maximum absolute atomic E-state index is 11.2. The van der Waals surface area contributed by atoms with E-state index in [9.17, 15) is 4.79 Å². The van der Waals surface area contributed by atoms with Crippen LogP contribution in [0.1, 0.15) is 49.7 Å². The minimum absolute atomic E-state index is 0.0107. The van der Waals surface area contributed by atoms with Crippen LogP contribution in [-0.4, -0.2) is 29.4 Å². The molecule has 0 spiro atoms. The van der Waals surface area contributed by atoms with E-state index in [1.165, 1.54) is 0 Å². The third-order valence-corrected chi connectivity index (χ3v) is 5.25. The normalized spacial score (nSPS) is 21.9. The molecule has 6 heteroatoms. The van der Waals surface area contributed by atoms with Gasteiger partial charge in [0.1, 0.15) is 0 Å². The molecule has 0 bridgehead atoms. The predicted octanol–water partition coefficient (Wildman–Crippen LogP) is 3.25. The Morgan fingerprint density at radius 3 is 2.25 bits per heavy atom. The summed E-state index contributed by atoms with van der Waals surface area (Å²) in [6.07, 6.45) is 0.0107. The number of rotatable bonds is 4. The molecule has 20 heavy (non-hydrogen) atoms. The smallest absolute Gasteiger partial charge is 0.467 e. The number of hydrogen-bond donors (Lipinski definition) is 1. The zero-order valence-corrected chi connectivity index (χ0v) is 13.4. The molecule has 1 fully saturated rings. The van der Waals surface area contributed by atoms with Crippen LogP contribution in [0.2, 0.25) is 0 Å². The molecular weight excluding hydrogens is 275 g/mol. The van der Waals surface area contributed by atoms with Gasteiger partial charge >= 0.3 is 13.1 Å². The first-order chi connectivity index (χ1) is 9.12. The summed E-state index contributed by atoms with van der Waals surface area (Å²) in [5.41, 5.74) is -0.887. The van der Waals surface area contributed by atoms with Crippen molar-refractivity contribution in [3.8, 4) is 0 Å². The van der Waals surface area contributed by atoms with Crippen LogP contribution < -0.4 is 0 Å². The number of hydrogen-bond acceptors (Lipinski definition) is 4. The molecule has 1 aromatic rings. The Morgan fingerprint density at radius 2 is 1.85 bits per heavy atom. The topological polar surface area (TPSA) is 55.8 Å². The summed E-state index contributed by atoms with van der Waals surface area (Å²) in [5, 5.41) is 9.17. The summed E-state index contributed by atoms with van der Waals surface area (Å²) in [5.74, 6) is -1.11.